The molecule has 1 aromatic rings. The van der Waals surface area contributed by atoms with Gasteiger partial charge in [0.1, 0.15) is 0 Å². The molecule has 0 aromatic heterocycles. The summed E-state index contributed by atoms with van der Waals surface area (Å²) in [4.78, 5) is 2.30. The highest BCUT2D eigenvalue weighted by atomic mass is 19.4. The van der Waals surface area contributed by atoms with Crippen LogP contribution in [-0.4, -0.2) is 37.7 Å². The summed E-state index contributed by atoms with van der Waals surface area (Å²) in [6.45, 7) is 9.97. The van der Waals surface area contributed by atoms with E-state index < -0.39 is 11.7 Å². The third kappa shape index (κ3) is 6.36. The molecule has 5 heteroatoms. The van der Waals surface area contributed by atoms with Crippen molar-refractivity contribution in [1.82, 2.24) is 4.90 Å². The van der Waals surface area contributed by atoms with Crippen molar-refractivity contribution < 1.29 is 17.9 Å². The third-order valence-electron chi connectivity index (χ3n) is 3.51. The molecule has 0 radical (unpaired) electrons. The quantitative estimate of drug-likeness (QED) is 0.821. The van der Waals surface area contributed by atoms with Gasteiger partial charge in [-0.2, -0.15) is 13.2 Å². The zero-order chi connectivity index (χ0) is 16.6. The Hall–Kier alpha value is -1.07. The molecule has 0 aliphatic carbocycles. The SMILES string of the molecule is CC.Cc1cc(CCCN2CCOCC2)cc(C(F)(F)F)c1. The van der Waals surface area contributed by atoms with Gasteiger partial charge in [0, 0.05) is 13.1 Å². The first-order valence-corrected chi connectivity index (χ1v) is 7.93. The Morgan fingerprint density at radius 3 is 2.32 bits per heavy atom. The summed E-state index contributed by atoms with van der Waals surface area (Å²) in [5, 5.41) is 0. The van der Waals surface area contributed by atoms with Gasteiger partial charge in [-0.25, -0.2) is 0 Å². The van der Waals surface area contributed by atoms with Crippen LogP contribution in [0.3, 0.4) is 0 Å². The van der Waals surface area contributed by atoms with Crippen LogP contribution in [0.4, 0.5) is 13.2 Å². The van der Waals surface area contributed by atoms with Crippen LogP contribution in [0.15, 0.2) is 18.2 Å². The molecular weight excluding hydrogens is 291 g/mol. The Labute approximate surface area is 131 Å². The highest BCUT2D eigenvalue weighted by Crippen LogP contribution is 2.30. The first-order valence-electron chi connectivity index (χ1n) is 7.93. The van der Waals surface area contributed by atoms with Crippen molar-refractivity contribution in [3.8, 4) is 0 Å². The maximum absolute atomic E-state index is 12.7. The highest BCUT2D eigenvalue weighted by Gasteiger charge is 2.30. The molecule has 1 fully saturated rings. The number of halogens is 3. The second-order valence-electron chi connectivity index (χ2n) is 5.26. The van der Waals surface area contributed by atoms with Gasteiger partial charge in [-0.15, -0.1) is 0 Å². The minimum absolute atomic E-state index is 0.543. The summed E-state index contributed by atoms with van der Waals surface area (Å²) < 4.78 is 43.5. The number of benzene rings is 1. The van der Waals surface area contributed by atoms with Crippen LogP contribution >= 0.6 is 0 Å². The molecule has 1 aromatic carbocycles. The summed E-state index contributed by atoms with van der Waals surface area (Å²) in [6.07, 6.45) is -2.70. The molecule has 126 valence electrons. The van der Waals surface area contributed by atoms with E-state index in [4.69, 9.17) is 4.74 Å². The van der Waals surface area contributed by atoms with Crippen molar-refractivity contribution in [2.75, 3.05) is 32.8 Å². The predicted octanol–water partition coefficient (Wildman–Crippen LogP) is 4.30. The topological polar surface area (TPSA) is 12.5 Å². The number of rotatable bonds is 4. The minimum atomic E-state index is -4.26. The Morgan fingerprint density at radius 1 is 1.09 bits per heavy atom. The highest BCUT2D eigenvalue weighted by molar-refractivity contribution is 5.31. The van der Waals surface area contributed by atoms with Crippen molar-refractivity contribution in [2.45, 2.75) is 39.8 Å². The number of nitrogens with zero attached hydrogens (tertiary/aromatic N) is 1. The van der Waals surface area contributed by atoms with Crippen LogP contribution in [0.5, 0.6) is 0 Å². The van der Waals surface area contributed by atoms with Crippen molar-refractivity contribution in [3.63, 3.8) is 0 Å². The molecule has 2 nitrogen and oxygen atoms in total. The van der Waals surface area contributed by atoms with Crippen LogP contribution in [-0.2, 0) is 17.3 Å². The average Bonchev–Trinajstić information content (AvgIpc) is 2.49. The van der Waals surface area contributed by atoms with E-state index in [2.05, 4.69) is 4.90 Å². The van der Waals surface area contributed by atoms with Crippen LogP contribution in [0, 0.1) is 6.92 Å². The molecule has 0 N–H and O–H groups in total. The molecule has 0 bridgehead atoms. The maximum Gasteiger partial charge on any atom is 0.416 e. The van der Waals surface area contributed by atoms with Crippen LogP contribution in [0.25, 0.3) is 0 Å². The molecule has 0 atom stereocenters. The van der Waals surface area contributed by atoms with E-state index in [1.54, 1.807) is 6.92 Å². The second kappa shape index (κ2) is 9.16. The van der Waals surface area contributed by atoms with Crippen molar-refractivity contribution in [1.29, 1.82) is 0 Å². The fourth-order valence-electron chi connectivity index (χ4n) is 2.50. The first-order chi connectivity index (χ1) is 10.4. The van der Waals surface area contributed by atoms with E-state index in [9.17, 15) is 13.2 Å². The largest absolute Gasteiger partial charge is 0.416 e. The van der Waals surface area contributed by atoms with Gasteiger partial charge in [0.2, 0.25) is 0 Å². The van der Waals surface area contributed by atoms with E-state index >= 15 is 0 Å². The predicted molar refractivity (Wildman–Crippen MR) is 83.1 cm³/mol. The molecule has 1 heterocycles. The zero-order valence-electron chi connectivity index (χ0n) is 13.7. The van der Waals surface area contributed by atoms with Crippen molar-refractivity contribution >= 4 is 0 Å². The second-order valence-corrected chi connectivity index (χ2v) is 5.26. The number of alkyl halides is 3. The van der Waals surface area contributed by atoms with E-state index in [1.165, 1.54) is 12.1 Å². The minimum Gasteiger partial charge on any atom is -0.379 e. The van der Waals surface area contributed by atoms with Crippen molar-refractivity contribution in [3.05, 3.63) is 34.9 Å². The summed E-state index contributed by atoms with van der Waals surface area (Å²) in [7, 11) is 0. The van der Waals surface area contributed by atoms with Crippen molar-refractivity contribution in [2.24, 2.45) is 0 Å². The molecule has 0 spiro atoms. The number of morpholine rings is 1. The Kier molecular flexibility index (Phi) is 7.90. The number of hydrogen-bond donors (Lipinski definition) is 0. The van der Waals surface area contributed by atoms with Gasteiger partial charge in [0.15, 0.2) is 0 Å². The van der Waals surface area contributed by atoms with E-state index in [0.717, 1.165) is 44.8 Å². The molecule has 0 amide bonds. The molecule has 1 saturated heterocycles. The molecule has 0 saturated carbocycles. The van der Waals surface area contributed by atoms with Crippen LogP contribution in [0.2, 0.25) is 0 Å². The van der Waals surface area contributed by atoms with Gasteiger partial charge in [-0.1, -0.05) is 25.5 Å². The zero-order valence-corrected chi connectivity index (χ0v) is 13.7. The summed E-state index contributed by atoms with van der Waals surface area (Å²) in [5.41, 5.74) is 0.894. The molecule has 2 rings (SSSR count). The van der Waals surface area contributed by atoms with Gasteiger partial charge in [-0.3, -0.25) is 4.90 Å². The summed E-state index contributed by atoms with van der Waals surface area (Å²) in [5.74, 6) is 0. The van der Waals surface area contributed by atoms with Gasteiger partial charge in [0.25, 0.3) is 0 Å². The smallest absolute Gasteiger partial charge is 0.379 e. The molecular formula is C17H26F3NO. The summed E-state index contributed by atoms with van der Waals surface area (Å²) >= 11 is 0. The number of hydrogen-bond acceptors (Lipinski definition) is 2. The van der Waals surface area contributed by atoms with Crippen LogP contribution in [0.1, 0.15) is 37.0 Å². The summed E-state index contributed by atoms with van der Waals surface area (Å²) in [6, 6.07) is 4.31. The Balaban J connectivity index is 0.00000116. The van der Waals surface area contributed by atoms with E-state index in [-0.39, 0.29) is 0 Å². The normalized spacial score (nSPS) is 16.1. The van der Waals surface area contributed by atoms with Gasteiger partial charge in [0.05, 0.1) is 18.8 Å². The van der Waals surface area contributed by atoms with Gasteiger partial charge < -0.3 is 4.74 Å². The third-order valence-corrected chi connectivity index (χ3v) is 3.51. The fourth-order valence-corrected chi connectivity index (χ4v) is 2.50. The van der Waals surface area contributed by atoms with Gasteiger partial charge >= 0.3 is 6.18 Å². The standard InChI is InChI=1S/C15H20F3NO.C2H6/c1-12-9-13(11-14(10-12)15(16,17)18)3-2-4-19-5-7-20-8-6-19;1-2/h9-11H,2-8H2,1H3;1-2H3. The fraction of sp³-hybridized carbons (Fsp3) is 0.647. The van der Waals surface area contributed by atoms with Crippen LogP contribution < -0.4 is 0 Å². The molecule has 1 aliphatic rings. The lowest BCUT2D eigenvalue weighted by Gasteiger charge is -2.26. The Bertz CT molecular complexity index is 440. The number of aryl methyl sites for hydroxylation is 2. The maximum atomic E-state index is 12.7. The lowest BCUT2D eigenvalue weighted by Crippen LogP contribution is -2.36. The molecule has 22 heavy (non-hydrogen) atoms. The lowest BCUT2D eigenvalue weighted by molar-refractivity contribution is -0.137. The first kappa shape index (κ1) is 19.0. The monoisotopic (exact) mass is 317 g/mol. The number of ether oxygens (including phenoxy) is 1. The van der Waals surface area contributed by atoms with E-state index in [0.29, 0.717) is 12.0 Å². The van der Waals surface area contributed by atoms with E-state index in [1.807, 2.05) is 19.9 Å². The molecule has 0 unspecified atom stereocenters. The average molecular weight is 317 g/mol. The molecule has 1 aliphatic heterocycles. The Morgan fingerprint density at radius 2 is 1.73 bits per heavy atom. The van der Waals surface area contributed by atoms with Gasteiger partial charge in [-0.05, 0) is 44.0 Å². The lowest BCUT2D eigenvalue weighted by atomic mass is 10.0.